The van der Waals surface area contributed by atoms with E-state index in [9.17, 15) is 14.4 Å². The van der Waals surface area contributed by atoms with Crippen molar-refractivity contribution in [2.75, 3.05) is 10.6 Å². The molecule has 0 saturated carbocycles. The summed E-state index contributed by atoms with van der Waals surface area (Å²) < 4.78 is 0. The van der Waals surface area contributed by atoms with Gasteiger partial charge in [0.2, 0.25) is 0 Å². The average Bonchev–Trinajstić information content (AvgIpc) is 2.68. The van der Waals surface area contributed by atoms with Gasteiger partial charge in [0.25, 0.3) is 0 Å². The Morgan fingerprint density at radius 2 is 1.39 bits per heavy atom. The van der Waals surface area contributed by atoms with Crippen LogP contribution in [0.4, 0.5) is 16.2 Å². The zero-order valence-electron chi connectivity index (χ0n) is 14.4. The number of nitrogens with one attached hydrogen (secondary N) is 2. The van der Waals surface area contributed by atoms with Gasteiger partial charge in [0, 0.05) is 29.3 Å². The summed E-state index contributed by atoms with van der Waals surface area (Å²) in [5.74, 6) is -2.59. The second-order valence-corrected chi connectivity index (χ2v) is 5.81. The molecule has 0 unspecified atom stereocenters. The lowest BCUT2D eigenvalue weighted by Crippen LogP contribution is -2.20. The summed E-state index contributed by atoms with van der Waals surface area (Å²) in [6.45, 7) is 0. The summed E-state index contributed by atoms with van der Waals surface area (Å²) in [4.78, 5) is 38.6. The summed E-state index contributed by atoms with van der Waals surface area (Å²) in [5, 5.41) is 23.3. The molecule has 0 atom stereocenters. The first-order valence-corrected chi connectivity index (χ1v) is 8.12. The van der Waals surface area contributed by atoms with Gasteiger partial charge < -0.3 is 20.8 Å². The van der Waals surface area contributed by atoms with Crippen LogP contribution >= 0.6 is 0 Å². The third-order valence-electron chi connectivity index (χ3n) is 3.80. The minimum atomic E-state index is -1.30. The number of pyridine rings is 1. The smallest absolute Gasteiger partial charge is 0.335 e. The van der Waals surface area contributed by atoms with E-state index in [4.69, 9.17) is 10.2 Å². The summed E-state index contributed by atoms with van der Waals surface area (Å²) in [5.41, 5.74) is 1.81. The van der Waals surface area contributed by atoms with Gasteiger partial charge in [0.15, 0.2) is 0 Å². The standard InChI is InChI=1S/C20H15N3O5/c24-18(25)14-7-15(19(26)27)10-17(9-14)23-20(28)22-16-5-1-3-12(8-16)13-4-2-6-21-11-13/h1-11H,(H,24,25)(H,26,27)(H2,22,23,28). The van der Waals surface area contributed by atoms with Crippen LogP contribution < -0.4 is 10.6 Å². The van der Waals surface area contributed by atoms with Gasteiger partial charge in [-0.15, -0.1) is 0 Å². The number of carboxylic acids is 2. The largest absolute Gasteiger partial charge is 0.478 e. The summed E-state index contributed by atoms with van der Waals surface area (Å²) >= 11 is 0. The van der Waals surface area contributed by atoms with E-state index in [2.05, 4.69) is 15.6 Å². The van der Waals surface area contributed by atoms with Crippen LogP contribution in [0.5, 0.6) is 0 Å². The zero-order valence-corrected chi connectivity index (χ0v) is 14.4. The van der Waals surface area contributed by atoms with E-state index in [0.717, 1.165) is 17.2 Å². The molecule has 0 aliphatic carbocycles. The van der Waals surface area contributed by atoms with Crippen LogP contribution in [0.3, 0.4) is 0 Å². The lowest BCUT2D eigenvalue weighted by molar-refractivity contribution is 0.0696. The number of urea groups is 1. The summed E-state index contributed by atoms with van der Waals surface area (Å²) in [7, 11) is 0. The fourth-order valence-electron chi connectivity index (χ4n) is 2.55. The van der Waals surface area contributed by atoms with Crippen molar-refractivity contribution in [2.45, 2.75) is 0 Å². The van der Waals surface area contributed by atoms with Gasteiger partial charge in [0.05, 0.1) is 11.1 Å². The third kappa shape index (κ3) is 4.50. The number of carbonyl (C=O) groups is 3. The lowest BCUT2D eigenvalue weighted by Gasteiger charge is -2.10. The molecule has 3 rings (SSSR count). The Morgan fingerprint density at radius 3 is 2.00 bits per heavy atom. The first-order chi connectivity index (χ1) is 13.4. The lowest BCUT2D eigenvalue weighted by atomic mass is 10.1. The minimum Gasteiger partial charge on any atom is -0.478 e. The Bertz CT molecular complexity index is 1020. The predicted molar refractivity (Wildman–Crippen MR) is 103 cm³/mol. The van der Waals surface area contributed by atoms with E-state index in [1.807, 2.05) is 12.1 Å². The number of hydrogen-bond acceptors (Lipinski definition) is 4. The van der Waals surface area contributed by atoms with Gasteiger partial charge in [-0.3, -0.25) is 4.98 Å². The van der Waals surface area contributed by atoms with Crippen molar-refractivity contribution in [1.29, 1.82) is 0 Å². The van der Waals surface area contributed by atoms with E-state index in [1.54, 1.807) is 36.7 Å². The van der Waals surface area contributed by atoms with Crippen LogP contribution in [0.1, 0.15) is 20.7 Å². The number of hydrogen-bond donors (Lipinski definition) is 4. The monoisotopic (exact) mass is 377 g/mol. The molecule has 140 valence electrons. The molecular weight excluding hydrogens is 362 g/mol. The number of carbonyl (C=O) groups excluding carboxylic acids is 1. The van der Waals surface area contributed by atoms with E-state index in [1.165, 1.54) is 12.1 Å². The SMILES string of the molecule is O=C(Nc1cc(C(=O)O)cc(C(=O)O)c1)Nc1cccc(-c2cccnc2)c1. The molecule has 0 fully saturated rings. The second-order valence-electron chi connectivity index (χ2n) is 5.81. The molecule has 0 radical (unpaired) electrons. The Hall–Kier alpha value is -4.20. The average molecular weight is 377 g/mol. The van der Waals surface area contributed by atoms with Crippen LogP contribution in [0.25, 0.3) is 11.1 Å². The minimum absolute atomic E-state index is 0.0539. The molecule has 28 heavy (non-hydrogen) atoms. The van der Waals surface area contributed by atoms with Crippen LogP contribution in [-0.2, 0) is 0 Å². The van der Waals surface area contributed by atoms with Gasteiger partial charge in [-0.25, -0.2) is 14.4 Å². The highest BCUT2D eigenvalue weighted by Gasteiger charge is 2.13. The van der Waals surface area contributed by atoms with E-state index in [0.29, 0.717) is 5.69 Å². The maximum atomic E-state index is 12.3. The van der Waals surface area contributed by atoms with Crippen LogP contribution in [-0.4, -0.2) is 33.2 Å². The van der Waals surface area contributed by atoms with Crippen molar-refractivity contribution in [2.24, 2.45) is 0 Å². The molecule has 0 bridgehead atoms. The van der Waals surface area contributed by atoms with Gasteiger partial charge in [-0.1, -0.05) is 18.2 Å². The van der Waals surface area contributed by atoms with Crippen molar-refractivity contribution >= 4 is 29.3 Å². The Balaban J connectivity index is 1.78. The fraction of sp³-hybridized carbons (Fsp3) is 0. The van der Waals surface area contributed by atoms with Crippen LogP contribution in [0, 0.1) is 0 Å². The highest BCUT2D eigenvalue weighted by Crippen LogP contribution is 2.22. The maximum Gasteiger partial charge on any atom is 0.335 e. The molecule has 2 amide bonds. The molecule has 4 N–H and O–H groups in total. The van der Waals surface area contributed by atoms with E-state index in [-0.39, 0.29) is 16.8 Å². The summed E-state index contributed by atoms with van der Waals surface area (Å²) in [6.07, 6.45) is 3.36. The van der Waals surface area contributed by atoms with E-state index < -0.39 is 18.0 Å². The number of amides is 2. The number of carboxylic acid groups (broad SMARTS) is 2. The summed E-state index contributed by atoms with van der Waals surface area (Å²) in [6, 6.07) is 13.5. The molecule has 0 spiro atoms. The highest BCUT2D eigenvalue weighted by molar-refractivity contribution is 6.02. The predicted octanol–water partition coefficient (Wildman–Crippen LogP) is 3.79. The van der Waals surface area contributed by atoms with Crippen molar-refractivity contribution in [3.8, 4) is 11.1 Å². The molecule has 0 saturated heterocycles. The molecule has 3 aromatic rings. The number of nitrogens with zero attached hydrogens (tertiary/aromatic N) is 1. The van der Waals surface area contributed by atoms with Gasteiger partial charge in [-0.2, -0.15) is 0 Å². The van der Waals surface area contributed by atoms with E-state index >= 15 is 0 Å². The number of benzene rings is 2. The molecular formula is C20H15N3O5. The number of aromatic nitrogens is 1. The van der Waals surface area contributed by atoms with Gasteiger partial charge in [0.1, 0.15) is 0 Å². The van der Waals surface area contributed by atoms with Crippen molar-refractivity contribution in [1.82, 2.24) is 4.98 Å². The molecule has 1 heterocycles. The number of rotatable bonds is 5. The third-order valence-corrected chi connectivity index (χ3v) is 3.80. The number of aromatic carboxylic acids is 2. The second kappa shape index (κ2) is 8.00. The Morgan fingerprint density at radius 1 is 0.750 bits per heavy atom. The van der Waals surface area contributed by atoms with Gasteiger partial charge in [-0.05, 0) is 42.0 Å². The molecule has 0 aliphatic heterocycles. The molecule has 0 aliphatic rings. The first kappa shape index (κ1) is 18.6. The zero-order chi connectivity index (χ0) is 20.1. The molecule has 2 aromatic carbocycles. The van der Waals surface area contributed by atoms with Crippen molar-refractivity contribution < 1.29 is 24.6 Å². The Kier molecular flexibility index (Phi) is 5.31. The van der Waals surface area contributed by atoms with Gasteiger partial charge >= 0.3 is 18.0 Å². The fourth-order valence-corrected chi connectivity index (χ4v) is 2.55. The first-order valence-electron chi connectivity index (χ1n) is 8.12. The normalized spacial score (nSPS) is 10.1. The Labute approximate surface area is 159 Å². The molecule has 1 aromatic heterocycles. The van der Waals surface area contributed by atoms with Crippen molar-refractivity contribution in [3.05, 3.63) is 78.1 Å². The molecule has 8 nitrogen and oxygen atoms in total. The van der Waals surface area contributed by atoms with Crippen molar-refractivity contribution in [3.63, 3.8) is 0 Å². The quantitative estimate of drug-likeness (QED) is 0.535. The molecule has 8 heteroatoms. The highest BCUT2D eigenvalue weighted by atomic mass is 16.4. The number of anilines is 2. The topological polar surface area (TPSA) is 129 Å². The van der Waals surface area contributed by atoms with Crippen LogP contribution in [0.2, 0.25) is 0 Å². The van der Waals surface area contributed by atoms with Crippen LogP contribution in [0.15, 0.2) is 67.0 Å². The maximum absolute atomic E-state index is 12.3.